The lowest BCUT2D eigenvalue weighted by Crippen LogP contribution is -2.56. The number of hydrogen-bond donors (Lipinski definition) is 1. The minimum atomic E-state index is -4.82. The maximum absolute atomic E-state index is 14.6. The third-order valence-electron chi connectivity index (χ3n) is 5.38. The molecule has 1 fully saturated rings. The van der Waals surface area contributed by atoms with Crippen LogP contribution in [0.4, 0.5) is 39.7 Å². The molecule has 0 spiro atoms. The number of halogens is 4. The predicted octanol–water partition coefficient (Wildman–Crippen LogP) is 4.89. The van der Waals surface area contributed by atoms with E-state index in [1.54, 1.807) is 24.3 Å². The van der Waals surface area contributed by atoms with Crippen molar-refractivity contribution < 1.29 is 22.4 Å². The van der Waals surface area contributed by atoms with E-state index in [1.807, 2.05) is 4.90 Å². The average molecular weight is 429 g/mol. The summed E-state index contributed by atoms with van der Waals surface area (Å²) in [5.41, 5.74) is -0.957. The number of alkyl halides is 3. The van der Waals surface area contributed by atoms with E-state index in [9.17, 15) is 22.4 Å². The van der Waals surface area contributed by atoms with E-state index in [2.05, 4.69) is 15.3 Å². The summed E-state index contributed by atoms with van der Waals surface area (Å²) in [6, 6.07) is 10.8. The lowest BCUT2D eigenvalue weighted by Gasteiger charge is -2.39. The van der Waals surface area contributed by atoms with Gasteiger partial charge in [-0.1, -0.05) is 12.1 Å². The molecule has 0 saturated carbocycles. The summed E-state index contributed by atoms with van der Waals surface area (Å²) in [6.45, 7) is 0.712. The quantitative estimate of drug-likeness (QED) is 0.590. The number of pyridine rings is 2. The van der Waals surface area contributed by atoms with Crippen LogP contribution in [0.3, 0.4) is 0 Å². The van der Waals surface area contributed by atoms with Crippen molar-refractivity contribution in [2.45, 2.75) is 18.8 Å². The molecule has 0 radical (unpaired) electrons. The van der Waals surface area contributed by atoms with Gasteiger partial charge in [0.1, 0.15) is 17.8 Å². The third-order valence-corrected chi connectivity index (χ3v) is 5.38. The van der Waals surface area contributed by atoms with E-state index in [-0.39, 0.29) is 23.2 Å². The van der Waals surface area contributed by atoms with Gasteiger partial charge in [-0.25, -0.2) is 19.2 Å². The van der Waals surface area contributed by atoms with Crippen molar-refractivity contribution in [2.75, 3.05) is 21.7 Å². The maximum atomic E-state index is 14.6. The molecule has 0 aliphatic carbocycles. The van der Waals surface area contributed by atoms with Crippen molar-refractivity contribution in [2.24, 2.45) is 0 Å². The van der Waals surface area contributed by atoms with Crippen LogP contribution in [0.5, 0.6) is 0 Å². The van der Waals surface area contributed by atoms with Gasteiger partial charge in [0.15, 0.2) is 5.82 Å². The fraction of sp³-hybridized carbons (Fsp3) is 0.190. The normalized spacial score (nSPS) is 17.1. The number of anilines is 3. The van der Waals surface area contributed by atoms with E-state index < -0.39 is 23.6 Å². The highest BCUT2D eigenvalue weighted by Gasteiger charge is 2.46. The number of carbonyl (C=O) groups excluding carboxylic acids is 1. The van der Waals surface area contributed by atoms with Crippen LogP contribution in [0.25, 0.3) is 11.3 Å². The highest BCUT2D eigenvalue weighted by atomic mass is 19.4. The molecular formula is C21H15F4N5O. The van der Waals surface area contributed by atoms with Gasteiger partial charge in [-0.15, -0.1) is 0 Å². The summed E-state index contributed by atoms with van der Waals surface area (Å²) in [6.07, 6.45) is -2.83. The Morgan fingerprint density at radius 2 is 1.94 bits per heavy atom. The molecule has 1 saturated heterocycles. The Balaban J connectivity index is 1.54. The van der Waals surface area contributed by atoms with E-state index in [4.69, 9.17) is 0 Å². The first kappa shape index (κ1) is 19.3. The van der Waals surface area contributed by atoms with E-state index in [0.717, 1.165) is 6.07 Å². The molecule has 158 valence electrons. The van der Waals surface area contributed by atoms with Gasteiger partial charge >= 0.3 is 12.2 Å². The minimum absolute atomic E-state index is 0.0143. The molecule has 1 atom stereocenters. The zero-order chi connectivity index (χ0) is 21.8. The van der Waals surface area contributed by atoms with Crippen LogP contribution < -0.4 is 15.1 Å². The predicted molar refractivity (Wildman–Crippen MR) is 106 cm³/mol. The second-order valence-electron chi connectivity index (χ2n) is 7.18. The van der Waals surface area contributed by atoms with Crippen molar-refractivity contribution in [1.82, 2.24) is 9.97 Å². The molecule has 2 aliphatic heterocycles. The van der Waals surface area contributed by atoms with Crippen molar-refractivity contribution in [3.05, 3.63) is 66.1 Å². The first-order chi connectivity index (χ1) is 14.8. The lowest BCUT2D eigenvalue weighted by molar-refractivity contribution is -0.139. The summed E-state index contributed by atoms with van der Waals surface area (Å²) < 4.78 is 54.0. The first-order valence-electron chi connectivity index (χ1n) is 9.49. The summed E-state index contributed by atoms with van der Waals surface area (Å²) >= 11 is 0. The summed E-state index contributed by atoms with van der Waals surface area (Å²) in [5, 5.41) is 2.70. The number of aromatic nitrogens is 2. The van der Waals surface area contributed by atoms with Gasteiger partial charge in [0, 0.05) is 24.7 Å². The van der Waals surface area contributed by atoms with Crippen molar-refractivity contribution in [1.29, 1.82) is 0 Å². The number of urea groups is 1. The van der Waals surface area contributed by atoms with Crippen LogP contribution in [0.1, 0.15) is 12.0 Å². The smallest absolute Gasteiger partial charge is 0.347 e. The van der Waals surface area contributed by atoms with Crippen LogP contribution in [0.2, 0.25) is 0 Å². The topological polar surface area (TPSA) is 61.4 Å². The second kappa shape index (κ2) is 6.93. The highest BCUT2D eigenvalue weighted by molar-refractivity contribution is 6.06. The number of benzene rings is 1. The van der Waals surface area contributed by atoms with E-state index in [0.29, 0.717) is 30.5 Å². The molecule has 2 amide bonds. The third kappa shape index (κ3) is 3.15. The van der Waals surface area contributed by atoms with Crippen LogP contribution in [0, 0.1) is 5.82 Å². The fourth-order valence-electron chi connectivity index (χ4n) is 3.84. The molecule has 6 nitrogen and oxygen atoms in total. The Labute approximate surface area is 174 Å². The second-order valence-corrected chi connectivity index (χ2v) is 7.18. The Morgan fingerprint density at radius 1 is 1.10 bits per heavy atom. The highest BCUT2D eigenvalue weighted by Crippen LogP contribution is 2.45. The van der Waals surface area contributed by atoms with Crippen molar-refractivity contribution in [3.63, 3.8) is 0 Å². The number of amides is 2. The van der Waals surface area contributed by atoms with Gasteiger partial charge in [-0.3, -0.25) is 10.2 Å². The fourth-order valence-corrected chi connectivity index (χ4v) is 3.84. The van der Waals surface area contributed by atoms with E-state index in [1.165, 1.54) is 23.2 Å². The molecule has 1 aromatic carbocycles. The number of carbonyl (C=O) groups is 1. The molecular weight excluding hydrogens is 414 g/mol. The zero-order valence-corrected chi connectivity index (χ0v) is 15.9. The number of nitrogens with zero attached hydrogens (tertiary/aromatic N) is 4. The molecule has 31 heavy (non-hydrogen) atoms. The lowest BCUT2D eigenvalue weighted by atomic mass is 10.1. The van der Waals surface area contributed by atoms with E-state index >= 15 is 0 Å². The molecule has 0 bridgehead atoms. The number of fused-ring (bicyclic) bond motifs is 3. The van der Waals surface area contributed by atoms with Crippen LogP contribution in [-0.4, -0.2) is 28.7 Å². The Morgan fingerprint density at radius 3 is 2.61 bits per heavy atom. The maximum Gasteiger partial charge on any atom is 0.419 e. The Kier molecular flexibility index (Phi) is 4.31. The standard InChI is InChI=1S/C21H15F4N5O/c22-18-12(4-3-5-13(18)21(23,24)25)14-7-8-15-19(27-14)30(17-9-11-29(15)17)20(31)28-16-6-1-2-10-26-16/h1-8,10,17H,9,11H2,(H,26,28,31). The van der Waals surface area contributed by atoms with Gasteiger partial charge in [-0.05, 0) is 36.4 Å². The molecule has 2 aromatic heterocycles. The van der Waals surface area contributed by atoms with Gasteiger partial charge in [0.05, 0.1) is 16.9 Å². The number of hydrogen-bond acceptors (Lipinski definition) is 4. The van der Waals surface area contributed by atoms with Crippen LogP contribution >= 0.6 is 0 Å². The summed E-state index contributed by atoms with van der Waals surface area (Å²) in [7, 11) is 0. The van der Waals surface area contributed by atoms with Gasteiger partial charge in [0.25, 0.3) is 0 Å². The molecule has 1 unspecified atom stereocenters. The number of nitrogens with one attached hydrogen (secondary N) is 1. The average Bonchev–Trinajstić information content (AvgIpc) is 2.93. The van der Waals surface area contributed by atoms with Gasteiger partial charge < -0.3 is 4.90 Å². The van der Waals surface area contributed by atoms with Gasteiger partial charge in [0.2, 0.25) is 0 Å². The van der Waals surface area contributed by atoms with Crippen LogP contribution in [-0.2, 0) is 6.18 Å². The molecule has 2 aliphatic rings. The molecule has 10 heteroatoms. The van der Waals surface area contributed by atoms with Crippen molar-refractivity contribution in [3.8, 4) is 11.3 Å². The molecule has 3 aromatic rings. The Bertz CT molecular complexity index is 1170. The summed E-state index contributed by atoms with van der Waals surface area (Å²) in [4.78, 5) is 24.8. The molecule has 4 heterocycles. The Hall–Kier alpha value is -3.69. The molecule has 5 rings (SSSR count). The minimum Gasteiger partial charge on any atom is -0.347 e. The number of rotatable bonds is 2. The monoisotopic (exact) mass is 429 g/mol. The SMILES string of the molecule is O=C(Nc1ccccn1)N1c2nc(-c3cccc(C(F)(F)F)c3F)ccc2N2CCC21. The largest absolute Gasteiger partial charge is 0.419 e. The van der Waals surface area contributed by atoms with Gasteiger partial charge in [-0.2, -0.15) is 13.2 Å². The van der Waals surface area contributed by atoms with Crippen molar-refractivity contribution >= 4 is 23.4 Å². The molecule has 1 N–H and O–H groups in total. The van der Waals surface area contributed by atoms with Crippen LogP contribution in [0.15, 0.2) is 54.7 Å². The summed E-state index contributed by atoms with van der Waals surface area (Å²) in [5.74, 6) is -0.773. The first-order valence-corrected chi connectivity index (χ1v) is 9.49. The zero-order valence-electron chi connectivity index (χ0n) is 15.9.